The molecule has 6 heterocycles. The van der Waals surface area contributed by atoms with Crippen LogP contribution in [0.2, 0.25) is 0 Å². The summed E-state index contributed by atoms with van der Waals surface area (Å²) in [4.78, 5) is 85.3. The molecule has 0 bridgehead atoms. The van der Waals surface area contributed by atoms with E-state index in [1.807, 2.05) is 108 Å². The number of hydrogen-bond acceptors (Lipinski definition) is 15. The number of benzene rings is 6. The van der Waals surface area contributed by atoms with E-state index in [2.05, 4.69) is 32.4 Å². The van der Waals surface area contributed by atoms with E-state index < -0.39 is 77.3 Å². The normalized spacial score (nSPS) is 22.3. The lowest BCUT2D eigenvalue weighted by atomic mass is 9.64. The fourth-order valence-electron chi connectivity index (χ4n) is 12.6. The number of cyclic esters (lactones) is 1. The summed E-state index contributed by atoms with van der Waals surface area (Å²) in [5.74, 6) is 3.52. The topological polar surface area (TPSA) is 207 Å². The molecule has 1 spiro atoms. The number of nitrogens with one attached hydrogen (secondary N) is 1. The van der Waals surface area contributed by atoms with Crippen LogP contribution in [0, 0.1) is 23.7 Å². The van der Waals surface area contributed by atoms with Gasteiger partial charge < -0.3 is 39.0 Å². The van der Waals surface area contributed by atoms with Crippen LogP contribution >= 0.6 is 0 Å². The van der Waals surface area contributed by atoms with Gasteiger partial charge in [-0.15, -0.1) is 5.10 Å². The van der Waals surface area contributed by atoms with Gasteiger partial charge in [-0.25, -0.2) is 19.2 Å². The molecule has 7 atom stereocenters. The van der Waals surface area contributed by atoms with Crippen LogP contribution in [-0.4, -0.2) is 130 Å². The number of imide groups is 1. The minimum atomic E-state index is -2.11. The molecule has 82 heavy (non-hydrogen) atoms. The van der Waals surface area contributed by atoms with Gasteiger partial charge in [0.15, 0.2) is 11.5 Å². The van der Waals surface area contributed by atoms with Crippen molar-refractivity contribution in [2.24, 2.45) is 11.8 Å². The summed E-state index contributed by atoms with van der Waals surface area (Å²) in [5, 5.41) is 21.2. The summed E-state index contributed by atoms with van der Waals surface area (Å²) in [5.41, 5.74) is 3.14. The Labute approximate surface area is 473 Å². The van der Waals surface area contributed by atoms with Gasteiger partial charge in [-0.2, -0.15) is 0 Å². The fraction of sp³-hybridized carbons (Fsp3) is 0.317. The second-order valence-electron chi connectivity index (χ2n) is 21.3. The van der Waals surface area contributed by atoms with E-state index in [9.17, 15) is 9.90 Å². The molecule has 5 aliphatic rings. The molecule has 0 saturated carbocycles. The first-order valence-corrected chi connectivity index (χ1v) is 27.4. The first kappa shape index (κ1) is 53.5. The quantitative estimate of drug-likeness (QED) is 0.0934. The molecule has 0 radical (unpaired) electrons. The summed E-state index contributed by atoms with van der Waals surface area (Å²) in [6.07, 6.45) is -0.958. The summed E-state index contributed by atoms with van der Waals surface area (Å²) in [6.45, 7) is 5.49. The van der Waals surface area contributed by atoms with Crippen LogP contribution in [0.3, 0.4) is 0 Å². The van der Waals surface area contributed by atoms with Gasteiger partial charge in [0, 0.05) is 38.3 Å². The van der Waals surface area contributed by atoms with Crippen molar-refractivity contribution in [3.8, 4) is 29.1 Å². The van der Waals surface area contributed by atoms with E-state index in [0.29, 0.717) is 59.1 Å². The highest BCUT2D eigenvalue weighted by atomic mass is 16.7. The van der Waals surface area contributed by atoms with Crippen molar-refractivity contribution in [1.82, 2.24) is 35.0 Å². The molecule has 0 aliphatic carbocycles. The van der Waals surface area contributed by atoms with Gasteiger partial charge in [0.25, 0.3) is 0 Å². The molecule has 3 fully saturated rings. The number of nitrogens with zero attached hydrogens (tertiary/aromatic N) is 7. The van der Waals surface area contributed by atoms with Gasteiger partial charge in [0.05, 0.1) is 42.9 Å². The zero-order valence-electron chi connectivity index (χ0n) is 45.4. The van der Waals surface area contributed by atoms with Crippen molar-refractivity contribution in [2.75, 3.05) is 58.2 Å². The molecule has 418 valence electrons. The van der Waals surface area contributed by atoms with E-state index in [4.69, 9.17) is 23.7 Å². The van der Waals surface area contributed by atoms with Crippen LogP contribution in [0.4, 0.5) is 10.5 Å². The smallest absolute Gasteiger partial charge is 0.329 e. The lowest BCUT2D eigenvalue weighted by Crippen LogP contribution is -2.59. The molecular formula is C63H60N8O11. The number of methoxy groups -OCH3 is 1. The van der Waals surface area contributed by atoms with Crippen LogP contribution in [0.25, 0.3) is 11.0 Å². The molecule has 6 aromatic carbocycles. The van der Waals surface area contributed by atoms with Crippen molar-refractivity contribution < 1.29 is 52.8 Å². The summed E-state index contributed by atoms with van der Waals surface area (Å²) in [6, 6.07) is 38.8. The number of para-hydroxylation sites is 1. The molecule has 1 aromatic heterocycles. The Morgan fingerprint density at radius 1 is 0.805 bits per heavy atom. The van der Waals surface area contributed by atoms with Crippen LogP contribution in [-0.2, 0) is 47.2 Å². The van der Waals surface area contributed by atoms with Crippen molar-refractivity contribution in [1.29, 1.82) is 0 Å². The zero-order chi connectivity index (χ0) is 56.6. The number of hydrogen-bond donors (Lipinski definition) is 2. The van der Waals surface area contributed by atoms with E-state index in [-0.39, 0.29) is 50.9 Å². The number of amides is 4. The first-order chi connectivity index (χ1) is 40.0. The number of aromatic nitrogens is 3. The van der Waals surface area contributed by atoms with Crippen molar-refractivity contribution in [3.05, 3.63) is 179 Å². The van der Waals surface area contributed by atoms with Gasteiger partial charge in [-0.3, -0.25) is 24.2 Å². The number of ether oxygens (including phenoxy) is 5. The Kier molecular flexibility index (Phi) is 14.7. The minimum absolute atomic E-state index is 0.0118. The first-order valence-electron chi connectivity index (χ1n) is 27.4. The molecule has 3 saturated heterocycles. The largest absolute Gasteiger partial charge is 0.491 e. The third-order valence-corrected chi connectivity index (χ3v) is 16.3. The van der Waals surface area contributed by atoms with Crippen molar-refractivity contribution in [2.45, 2.75) is 62.6 Å². The number of rotatable bonds is 13. The number of aliphatic hydroxyl groups excluding tert-OH is 1. The zero-order valence-corrected chi connectivity index (χ0v) is 45.4. The molecular weight excluding hydrogens is 1040 g/mol. The standard InChI is InChI=1S/C63H60N8O11/c1-39(2)53(59(74)78-3)64-62(77)70-48-26-20-40(13-12-28-69-49-19-11-10-18-47(49)65-66-69)35-46(48)63(61(70)76)52(58(73)68-31-29-67(30-32-68)37-41-21-27-50-51(36-41)81-38-80-50)55-60(75)82-56(43-16-8-5-9-17-43)54(42-14-6-4-7-15-42)71(55)57(63)44-22-24-45(25-23-44)79-34-33-72/h4-11,14-27,35-36,39,52-57,72H,28-34,37-38H2,1-3H3,(H,64,77)/t52-,53+,54-,55-,56+,57+,63-/m1/s1. The Bertz CT molecular complexity index is 3630. The molecule has 12 rings (SSSR count). The van der Waals surface area contributed by atoms with Crippen LogP contribution in [0.5, 0.6) is 17.2 Å². The van der Waals surface area contributed by atoms with E-state index >= 15 is 19.2 Å². The second-order valence-corrected chi connectivity index (χ2v) is 21.3. The molecule has 2 N–H and O–H groups in total. The van der Waals surface area contributed by atoms with Gasteiger partial charge in [-0.1, -0.05) is 122 Å². The molecule has 5 aliphatic heterocycles. The van der Waals surface area contributed by atoms with Gasteiger partial charge in [-0.05, 0) is 88.3 Å². The van der Waals surface area contributed by atoms with Crippen molar-refractivity contribution >= 4 is 46.5 Å². The van der Waals surface area contributed by atoms with E-state index in [1.54, 1.807) is 65.9 Å². The number of carbonyl (C=O) groups is 5. The predicted octanol–water partition coefficient (Wildman–Crippen LogP) is 6.50. The number of aliphatic hydroxyl groups is 1. The maximum Gasteiger partial charge on any atom is 0.329 e. The van der Waals surface area contributed by atoms with Gasteiger partial charge >= 0.3 is 18.0 Å². The monoisotopic (exact) mass is 1100 g/mol. The highest BCUT2D eigenvalue weighted by molar-refractivity contribution is 6.25. The Morgan fingerprint density at radius 2 is 1.52 bits per heavy atom. The number of morpholine rings is 1. The van der Waals surface area contributed by atoms with Gasteiger partial charge in [0.2, 0.25) is 18.6 Å². The Morgan fingerprint density at radius 3 is 2.26 bits per heavy atom. The summed E-state index contributed by atoms with van der Waals surface area (Å²) in [7, 11) is 1.22. The van der Waals surface area contributed by atoms with Crippen LogP contribution < -0.4 is 24.4 Å². The maximum atomic E-state index is 17.1. The lowest BCUT2D eigenvalue weighted by Gasteiger charge is -2.46. The van der Waals surface area contributed by atoms with E-state index in [0.717, 1.165) is 21.5 Å². The number of anilines is 1. The number of carbonyl (C=O) groups excluding carboxylic acids is 5. The third-order valence-electron chi connectivity index (χ3n) is 16.3. The van der Waals surface area contributed by atoms with Crippen LogP contribution in [0.1, 0.15) is 65.4 Å². The number of urea groups is 1. The SMILES string of the molecule is COC(=O)[C@@H](NC(=O)N1C(=O)[C@@]2(c3cc(C#CCn4nnc5ccccc54)ccc31)[C@H](c1ccc(OCCO)cc1)N1[C@H](c3ccccc3)[C@H](c3ccccc3)OC(=O)[C@H]1[C@@H]2C(=O)N1CCN(Cc2ccc3c(c2)OCO3)CC1)C(C)C. The molecule has 0 unspecified atom stereocenters. The van der Waals surface area contributed by atoms with Crippen molar-refractivity contribution in [3.63, 3.8) is 0 Å². The lowest BCUT2D eigenvalue weighted by molar-refractivity contribution is -0.179. The number of esters is 2. The summed E-state index contributed by atoms with van der Waals surface area (Å²) >= 11 is 0. The Balaban J connectivity index is 1.06. The Hall–Kier alpha value is -9.09. The highest BCUT2D eigenvalue weighted by Crippen LogP contribution is 2.66. The molecule has 4 amide bonds. The highest BCUT2D eigenvalue weighted by Gasteiger charge is 2.76. The maximum absolute atomic E-state index is 17.1. The number of piperazine rings is 1. The third kappa shape index (κ3) is 9.51. The van der Waals surface area contributed by atoms with E-state index in [1.165, 1.54) is 7.11 Å². The van der Waals surface area contributed by atoms with Gasteiger partial charge in [0.1, 0.15) is 48.0 Å². The minimum Gasteiger partial charge on any atom is -0.491 e. The molecule has 19 heteroatoms. The average molecular weight is 1110 g/mol. The number of fused-ring (bicyclic) bond motifs is 5. The second kappa shape index (κ2) is 22.4. The van der Waals surface area contributed by atoms with Crippen LogP contribution in [0.15, 0.2) is 146 Å². The fourth-order valence-corrected chi connectivity index (χ4v) is 12.6. The molecule has 7 aromatic rings. The predicted molar refractivity (Wildman–Crippen MR) is 299 cm³/mol. The summed E-state index contributed by atoms with van der Waals surface area (Å²) < 4.78 is 30.7. The molecule has 19 nitrogen and oxygen atoms in total. The average Bonchev–Trinajstić information content (AvgIpc) is 1.64.